The van der Waals surface area contributed by atoms with Crippen LogP contribution in [0.5, 0.6) is 0 Å². The number of hydrogen-bond acceptors (Lipinski definition) is 4. The molecule has 0 atom stereocenters. The summed E-state index contributed by atoms with van der Waals surface area (Å²) >= 11 is 3.22. The third kappa shape index (κ3) is 4.58. The van der Waals surface area contributed by atoms with Crippen molar-refractivity contribution in [3.8, 4) is 0 Å². The Bertz CT molecular complexity index is 897. The first kappa shape index (κ1) is 18.8. The molecule has 26 heavy (non-hydrogen) atoms. The number of quaternary nitrogens is 1. The maximum absolute atomic E-state index is 12.9. The number of nitrogens with zero attached hydrogens (tertiary/aromatic N) is 2. The number of aryl methyl sites for hydroxylation is 1. The molecule has 1 aromatic carbocycles. The third-order valence-corrected chi connectivity index (χ3v) is 5.99. The van der Waals surface area contributed by atoms with Crippen LogP contribution in [0, 0.1) is 0 Å². The zero-order chi connectivity index (χ0) is 18.5. The fraction of sp³-hybridized carbons (Fsp3) is 0.300. The molecule has 6 heteroatoms. The second-order valence-electron chi connectivity index (χ2n) is 6.45. The summed E-state index contributed by atoms with van der Waals surface area (Å²) in [5, 5.41) is 2.78. The Morgan fingerprint density at radius 1 is 1.31 bits per heavy atom. The Labute approximate surface area is 162 Å². The average molecular weight is 387 g/mol. The molecule has 0 bridgehead atoms. The average Bonchev–Trinajstić information content (AvgIpc) is 3.28. The minimum absolute atomic E-state index is 0.0191. The Hall–Kier alpha value is -2.02. The van der Waals surface area contributed by atoms with Crippen LogP contribution >= 0.6 is 22.7 Å². The van der Waals surface area contributed by atoms with E-state index in [1.165, 1.54) is 10.5 Å². The van der Waals surface area contributed by atoms with Crippen molar-refractivity contribution in [1.29, 1.82) is 0 Å². The molecular weight excluding hydrogens is 362 g/mol. The molecule has 2 heterocycles. The molecule has 0 aliphatic carbocycles. The van der Waals surface area contributed by atoms with Gasteiger partial charge in [0, 0.05) is 11.0 Å². The van der Waals surface area contributed by atoms with E-state index in [-0.39, 0.29) is 5.91 Å². The van der Waals surface area contributed by atoms with E-state index in [2.05, 4.69) is 39.2 Å². The van der Waals surface area contributed by atoms with E-state index in [1.54, 1.807) is 33.6 Å². The number of amides is 1. The maximum Gasteiger partial charge on any atom is 0.253 e. The van der Waals surface area contributed by atoms with E-state index in [0.717, 1.165) is 33.2 Å². The number of fused-ring (bicyclic) bond motifs is 1. The van der Waals surface area contributed by atoms with E-state index < -0.39 is 0 Å². The maximum atomic E-state index is 12.9. The van der Waals surface area contributed by atoms with Gasteiger partial charge in [0.15, 0.2) is 5.13 Å². The molecule has 3 aromatic rings. The summed E-state index contributed by atoms with van der Waals surface area (Å²) in [6, 6.07) is 10.3. The lowest BCUT2D eigenvalue weighted by Gasteiger charge is -2.19. The Morgan fingerprint density at radius 3 is 2.85 bits per heavy atom. The lowest BCUT2D eigenvalue weighted by Crippen LogP contribution is -3.06. The van der Waals surface area contributed by atoms with Gasteiger partial charge in [-0.05, 0) is 41.6 Å². The Balaban J connectivity index is 1.88. The van der Waals surface area contributed by atoms with Crippen molar-refractivity contribution in [3.05, 3.63) is 52.2 Å². The zero-order valence-corrected chi connectivity index (χ0v) is 17.0. The van der Waals surface area contributed by atoms with Gasteiger partial charge in [-0.25, -0.2) is 4.98 Å². The number of carbonyl (C=O) groups is 1. The quantitative estimate of drug-likeness (QED) is 0.634. The zero-order valence-electron chi connectivity index (χ0n) is 15.4. The molecule has 0 spiro atoms. The monoisotopic (exact) mass is 386 g/mol. The predicted octanol–water partition coefficient (Wildman–Crippen LogP) is 3.11. The van der Waals surface area contributed by atoms with E-state index >= 15 is 0 Å². The number of nitrogens with one attached hydrogen (secondary N) is 1. The third-order valence-electron chi connectivity index (χ3n) is 4.12. The number of likely N-dealkylation sites (N-methyl/N-ethyl adjacent to an activating group) is 1. The number of benzene rings is 1. The van der Waals surface area contributed by atoms with Crippen LogP contribution in [0.4, 0.5) is 5.13 Å². The first-order valence-corrected chi connectivity index (χ1v) is 10.5. The minimum Gasteiger partial charge on any atom is -0.338 e. The molecule has 136 valence electrons. The first-order chi connectivity index (χ1) is 12.6. The van der Waals surface area contributed by atoms with Crippen LogP contribution in [0.3, 0.4) is 0 Å². The summed E-state index contributed by atoms with van der Waals surface area (Å²) in [4.78, 5) is 21.7. The molecular formula is C20H24N3OS2+. The summed E-state index contributed by atoms with van der Waals surface area (Å²) in [5.41, 5.74) is 2.25. The highest BCUT2D eigenvalue weighted by atomic mass is 32.1. The Morgan fingerprint density at radius 2 is 2.15 bits per heavy atom. The number of hydrogen-bond donors (Lipinski definition) is 1. The molecule has 0 fully saturated rings. The van der Waals surface area contributed by atoms with Gasteiger partial charge in [-0.3, -0.25) is 9.69 Å². The number of anilines is 1. The van der Waals surface area contributed by atoms with Crippen LogP contribution in [-0.2, 0) is 11.2 Å². The van der Waals surface area contributed by atoms with Gasteiger partial charge in [-0.15, -0.1) is 11.3 Å². The molecule has 0 unspecified atom stereocenters. The van der Waals surface area contributed by atoms with Gasteiger partial charge in [0.1, 0.15) is 0 Å². The van der Waals surface area contributed by atoms with E-state index in [1.807, 2.05) is 23.6 Å². The SMILES string of the molecule is CCc1ccc2nc(N(CC[NH+](C)C)C(=O)/C=C/c3cccs3)sc2c1. The van der Waals surface area contributed by atoms with Gasteiger partial charge in [-0.2, -0.15) is 0 Å². The number of rotatable bonds is 7. The molecule has 0 radical (unpaired) electrons. The van der Waals surface area contributed by atoms with Gasteiger partial charge in [0.2, 0.25) is 0 Å². The predicted molar refractivity (Wildman–Crippen MR) is 112 cm³/mol. The lowest BCUT2D eigenvalue weighted by molar-refractivity contribution is -0.856. The van der Waals surface area contributed by atoms with Crippen molar-refractivity contribution in [2.75, 3.05) is 32.1 Å². The van der Waals surface area contributed by atoms with Crippen molar-refractivity contribution in [3.63, 3.8) is 0 Å². The van der Waals surface area contributed by atoms with Gasteiger partial charge < -0.3 is 4.90 Å². The summed E-state index contributed by atoms with van der Waals surface area (Å²) in [5.74, 6) is -0.0191. The van der Waals surface area contributed by atoms with Crippen molar-refractivity contribution in [1.82, 2.24) is 4.98 Å². The normalized spacial score (nSPS) is 11.7. The number of carbonyl (C=O) groups excluding carboxylic acids is 1. The highest BCUT2D eigenvalue weighted by molar-refractivity contribution is 7.22. The number of thiazole rings is 1. The lowest BCUT2D eigenvalue weighted by atomic mass is 10.2. The summed E-state index contributed by atoms with van der Waals surface area (Å²) < 4.78 is 1.14. The van der Waals surface area contributed by atoms with E-state index in [4.69, 9.17) is 4.98 Å². The van der Waals surface area contributed by atoms with Crippen LogP contribution in [-0.4, -0.2) is 38.1 Å². The van der Waals surface area contributed by atoms with Crippen molar-refractivity contribution >= 4 is 50.0 Å². The smallest absolute Gasteiger partial charge is 0.253 e. The number of thiophene rings is 1. The van der Waals surface area contributed by atoms with Crippen LogP contribution in [0.25, 0.3) is 16.3 Å². The topological polar surface area (TPSA) is 37.6 Å². The van der Waals surface area contributed by atoms with Crippen molar-refractivity contribution in [2.45, 2.75) is 13.3 Å². The van der Waals surface area contributed by atoms with E-state index in [9.17, 15) is 4.79 Å². The largest absolute Gasteiger partial charge is 0.338 e. The molecule has 0 aliphatic heterocycles. The van der Waals surface area contributed by atoms with Gasteiger partial charge in [0.25, 0.3) is 5.91 Å². The molecule has 1 amide bonds. The van der Waals surface area contributed by atoms with Gasteiger partial charge in [0.05, 0.1) is 37.4 Å². The minimum atomic E-state index is -0.0191. The second kappa shape index (κ2) is 8.58. The summed E-state index contributed by atoms with van der Waals surface area (Å²) in [6.07, 6.45) is 4.53. The summed E-state index contributed by atoms with van der Waals surface area (Å²) in [6.45, 7) is 3.67. The molecule has 1 N–H and O–H groups in total. The molecule has 0 saturated carbocycles. The number of aromatic nitrogens is 1. The van der Waals surface area contributed by atoms with Crippen LogP contribution in [0.15, 0.2) is 41.8 Å². The van der Waals surface area contributed by atoms with Crippen molar-refractivity contribution < 1.29 is 9.69 Å². The van der Waals surface area contributed by atoms with Gasteiger partial charge >= 0.3 is 0 Å². The van der Waals surface area contributed by atoms with Crippen LogP contribution in [0.1, 0.15) is 17.4 Å². The standard InChI is InChI=1S/C20H23N3OS2/c1-4-15-7-9-17-18(14-15)26-20(21-17)23(12-11-22(2)3)19(24)10-8-16-6-5-13-25-16/h5-10,13-14H,4,11-12H2,1-3H3/p+1/b10-8+. The molecule has 4 nitrogen and oxygen atoms in total. The van der Waals surface area contributed by atoms with Gasteiger partial charge in [-0.1, -0.05) is 30.4 Å². The molecule has 0 saturated heterocycles. The first-order valence-electron chi connectivity index (χ1n) is 8.78. The fourth-order valence-corrected chi connectivity index (χ4v) is 4.24. The molecule has 2 aromatic heterocycles. The summed E-state index contributed by atoms with van der Waals surface area (Å²) in [7, 11) is 4.19. The molecule has 3 rings (SSSR count). The van der Waals surface area contributed by atoms with Crippen LogP contribution < -0.4 is 9.80 Å². The molecule has 0 aliphatic rings. The highest BCUT2D eigenvalue weighted by Crippen LogP contribution is 2.30. The van der Waals surface area contributed by atoms with Crippen LogP contribution in [0.2, 0.25) is 0 Å². The Kier molecular flexibility index (Phi) is 6.19. The van der Waals surface area contributed by atoms with E-state index in [0.29, 0.717) is 6.54 Å². The fourth-order valence-electron chi connectivity index (χ4n) is 2.56. The second-order valence-corrected chi connectivity index (χ2v) is 8.44. The highest BCUT2D eigenvalue weighted by Gasteiger charge is 2.19. The van der Waals surface area contributed by atoms with Crippen molar-refractivity contribution in [2.24, 2.45) is 0 Å².